The largest absolute Gasteiger partial charge is 0.466 e. The van der Waals surface area contributed by atoms with Crippen LogP contribution in [0, 0.1) is 0 Å². The van der Waals surface area contributed by atoms with E-state index in [-0.39, 0.29) is 12.4 Å². The summed E-state index contributed by atoms with van der Waals surface area (Å²) in [6, 6.07) is 3.91. The fraction of sp³-hybridized carbons (Fsp3) is 0.538. The molecule has 0 saturated heterocycles. The lowest BCUT2D eigenvalue weighted by Crippen LogP contribution is -2.30. The van der Waals surface area contributed by atoms with Gasteiger partial charge in [-0.25, -0.2) is 0 Å². The Kier molecular flexibility index (Phi) is 6.98. The van der Waals surface area contributed by atoms with Crippen LogP contribution in [0.4, 0.5) is 0 Å². The van der Waals surface area contributed by atoms with Gasteiger partial charge in [0.25, 0.3) is 0 Å². The topological polar surface area (TPSA) is 71.5 Å². The van der Waals surface area contributed by atoms with Crippen LogP contribution in [-0.4, -0.2) is 41.9 Å². The first kappa shape index (κ1) is 14.6. The van der Waals surface area contributed by atoms with E-state index in [0.29, 0.717) is 13.2 Å². The average molecular weight is 252 g/mol. The van der Waals surface area contributed by atoms with E-state index < -0.39 is 6.10 Å². The second-order valence-corrected chi connectivity index (χ2v) is 3.97. The molecule has 0 bridgehead atoms. The molecule has 0 spiro atoms. The van der Waals surface area contributed by atoms with Crippen molar-refractivity contribution in [1.29, 1.82) is 0 Å². The van der Waals surface area contributed by atoms with E-state index in [1.54, 1.807) is 19.3 Å². The zero-order valence-corrected chi connectivity index (χ0v) is 10.6. The Bertz CT molecular complexity index is 343. The van der Waals surface area contributed by atoms with Crippen LogP contribution in [0.3, 0.4) is 0 Å². The lowest BCUT2D eigenvalue weighted by molar-refractivity contribution is -0.145. The highest BCUT2D eigenvalue weighted by molar-refractivity contribution is 5.69. The molecule has 1 aromatic heterocycles. The monoisotopic (exact) mass is 252 g/mol. The van der Waals surface area contributed by atoms with E-state index in [9.17, 15) is 9.90 Å². The van der Waals surface area contributed by atoms with Gasteiger partial charge in [0.2, 0.25) is 0 Å². The van der Waals surface area contributed by atoms with Gasteiger partial charge in [0, 0.05) is 18.9 Å². The van der Waals surface area contributed by atoms with Crippen LogP contribution in [0.25, 0.3) is 0 Å². The minimum Gasteiger partial charge on any atom is -0.466 e. The number of nitrogens with zero attached hydrogens (tertiary/aromatic N) is 1. The third-order valence-electron chi connectivity index (χ3n) is 2.43. The maximum absolute atomic E-state index is 11.1. The van der Waals surface area contributed by atoms with Crippen LogP contribution in [0.5, 0.6) is 0 Å². The van der Waals surface area contributed by atoms with Gasteiger partial charge in [-0.1, -0.05) is 0 Å². The zero-order valence-electron chi connectivity index (χ0n) is 10.6. The van der Waals surface area contributed by atoms with E-state index in [4.69, 9.17) is 4.74 Å². The lowest BCUT2D eigenvalue weighted by atomic mass is 10.2. The summed E-state index contributed by atoms with van der Waals surface area (Å²) in [6.45, 7) is 3.24. The van der Waals surface area contributed by atoms with Crippen LogP contribution in [-0.2, 0) is 16.0 Å². The van der Waals surface area contributed by atoms with Gasteiger partial charge in [-0.15, -0.1) is 0 Å². The summed E-state index contributed by atoms with van der Waals surface area (Å²) >= 11 is 0. The zero-order chi connectivity index (χ0) is 13.2. The molecule has 0 aliphatic rings. The Morgan fingerprint density at radius 3 is 2.89 bits per heavy atom. The van der Waals surface area contributed by atoms with E-state index in [0.717, 1.165) is 13.0 Å². The van der Waals surface area contributed by atoms with Gasteiger partial charge in [-0.05, 0) is 37.6 Å². The van der Waals surface area contributed by atoms with Crippen LogP contribution in [0.2, 0.25) is 0 Å². The van der Waals surface area contributed by atoms with Gasteiger partial charge in [-0.2, -0.15) is 0 Å². The Labute approximate surface area is 107 Å². The van der Waals surface area contributed by atoms with E-state index in [2.05, 4.69) is 10.3 Å². The molecule has 0 aliphatic heterocycles. The van der Waals surface area contributed by atoms with Crippen LogP contribution in [0.1, 0.15) is 18.9 Å². The maximum atomic E-state index is 11.1. The van der Waals surface area contributed by atoms with Crippen molar-refractivity contribution < 1.29 is 14.6 Å². The smallest absolute Gasteiger partial charge is 0.308 e. The summed E-state index contributed by atoms with van der Waals surface area (Å²) < 4.78 is 4.75. The molecule has 100 valence electrons. The molecule has 18 heavy (non-hydrogen) atoms. The first-order valence-electron chi connectivity index (χ1n) is 6.15. The molecular formula is C13H20N2O3. The Hall–Kier alpha value is -1.46. The summed E-state index contributed by atoms with van der Waals surface area (Å²) in [7, 11) is 0. The fourth-order valence-corrected chi connectivity index (χ4v) is 1.54. The molecule has 1 aromatic rings. The number of aliphatic hydroxyl groups excluding tert-OH is 1. The number of aliphatic hydroxyl groups is 1. The molecular weight excluding hydrogens is 232 g/mol. The summed E-state index contributed by atoms with van der Waals surface area (Å²) in [5.41, 5.74) is 1.19. The maximum Gasteiger partial charge on any atom is 0.308 e. The second kappa shape index (κ2) is 8.60. The third-order valence-corrected chi connectivity index (χ3v) is 2.43. The molecule has 5 heteroatoms. The number of rotatable bonds is 8. The summed E-state index contributed by atoms with van der Waals surface area (Å²) in [5.74, 6) is -0.360. The standard InChI is InChI=1S/C13H20N2O3/c1-2-18-13(17)9-12(16)10-15-8-5-11-3-6-14-7-4-11/h3-4,6-7,12,15-16H,2,5,8-10H2,1H3. The predicted molar refractivity (Wildman–Crippen MR) is 68.1 cm³/mol. The molecule has 2 N–H and O–H groups in total. The van der Waals surface area contributed by atoms with Crippen molar-refractivity contribution in [1.82, 2.24) is 10.3 Å². The van der Waals surface area contributed by atoms with Gasteiger partial charge in [0.15, 0.2) is 0 Å². The van der Waals surface area contributed by atoms with Gasteiger partial charge >= 0.3 is 5.97 Å². The van der Waals surface area contributed by atoms with Gasteiger partial charge < -0.3 is 15.2 Å². The van der Waals surface area contributed by atoms with E-state index >= 15 is 0 Å². The Morgan fingerprint density at radius 1 is 1.50 bits per heavy atom. The second-order valence-electron chi connectivity index (χ2n) is 3.97. The number of ether oxygens (including phenoxy) is 1. The number of carbonyl (C=O) groups excluding carboxylic acids is 1. The van der Waals surface area contributed by atoms with Crippen LogP contribution in [0.15, 0.2) is 24.5 Å². The minimum atomic E-state index is -0.693. The van der Waals surface area contributed by atoms with Gasteiger partial charge in [0.05, 0.1) is 19.1 Å². The highest BCUT2D eigenvalue weighted by atomic mass is 16.5. The SMILES string of the molecule is CCOC(=O)CC(O)CNCCc1ccncc1. The van der Waals surface area contributed by atoms with E-state index in [1.807, 2.05) is 12.1 Å². The highest BCUT2D eigenvalue weighted by Crippen LogP contribution is 1.97. The van der Waals surface area contributed by atoms with Crippen molar-refractivity contribution in [2.24, 2.45) is 0 Å². The molecule has 0 amide bonds. The van der Waals surface area contributed by atoms with Crippen molar-refractivity contribution in [3.05, 3.63) is 30.1 Å². The van der Waals surface area contributed by atoms with E-state index in [1.165, 1.54) is 5.56 Å². The quantitative estimate of drug-likeness (QED) is 0.521. The van der Waals surface area contributed by atoms with Crippen molar-refractivity contribution in [3.63, 3.8) is 0 Å². The summed E-state index contributed by atoms with van der Waals surface area (Å²) in [5, 5.41) is 12.7. The Balaban J connectivity index is 2.09. The average Bonchev–Trinajstić information content (AvgIpc) is 2.36. The molecule has 0 fully saturated rings. The molecule has 1 unspecified atom stereocenters. The van der Waals surface area contributed by atoms with Crippen molar-refractivity contribution in [2.45, 2.75) is 25.9 Å². The predicted octanol–water partition coefficient (Wildman–Crippen LogP) is 0.528. The number of pyridine rings is 1. The number of hydrogen-bond donors (Lipinski definition) is 2. The molecule has 1 rings (SSSR count). The van der Waals surface area contributed by atoms with Crippen molar-refractivity contribution in [2.75, 3.05) is 19.7 Å². The molecule has 0 saturated carbocycles. The first-order chi connectivity index (χ1) is 8.72. The van der Waals surface area contributed by atoms with Gasteiger partial charge in [0.1, 0.15) is 0 Å². The van der Waals surface area contributed by atoms with Gasteiger partial charge in [-0.3, -0.25) is 9.78 Å². The number of aromatic nitrogens is 1. The summed E-state index contributed by atoms with van der Waals surface area (Å²) in [4.78, 5) is 15.0. The van der Waals surface area contributed by atoms with Crippen molar-refractivity contribution in [3.8, 4) is 0 Å². The molecule has 0 radical (unpaired) electrons. The number of hydrogen-bond acceptors (Lipinski definition) is 5. The first-order valence-corrected chi connectivity index (χ1v) is 6.15. The molecule has 0 aliphatic carbocycles. The van der Waals surface area contributed by atoms with Crippen LogP contribution < -0.4 is 5.32 Å². The van der Waals surface area contributed by atoms with Crippen LogP contribution >= 0.6 is 0 Å². The number of carbonyl (C=O) groups is 1. The minimum absolute atomic E-state index is 0.0378. The molecule has 1 atom stereocenters. The summed E-state index contributed by atoms with van der Waals surface area (Å²) in [6.07, 6.45) is 3.72. The van der Waals surface area contributed by atoms with Crippen molar-refractivity contribution >= 4 is 5.97 Å². The number of nitrogens with one attached hydrogen (secondary N) is 1. The number of esters is 1. The fourth-order valence-electron chi connectivity index (χ4n) is 1.54. The molecule has 5 nitrogen and oxygen atoms in total. The lowest BCUT2D eigenvalue weighted by Gasteiger charge is -2.11. The third kappa shape index (κ3) is 6.32. The molecule has 1 heterocycles. The highest BCUT2D eigenvalue weighted by Gasteiger charge is 2.10. The molecule has 0 aromatic carbocycles. The Morgan fingerprint density at radius 2 is 2.22 bits per heavy atom. The normalized spacial score (nSPS) is 12.1.